The van der Waals surface area contributed by atoms with Crippen LogP contribution in [0.3, 0.4) is 0 Å². The third-order valence-electron chi connectivity index (χ3n) is 7.58. The summed E-state index contributed by atoms with van der Waals surface area (Å²) in [6, 6.07) is 18.4. The van der Waals surface area contributed by atoms with E-state index in [1.54, 1.807) is 47.4 Å². The molecule has 3 aromatic carbocycles. The SMILES string of the molecule is Cn1cc(-c2cccc(NC(=O)c3ccccc3C(C)(C)C)c2F)nc(Nc2ccc(C(=O)N3CCC(=O)CC3)cc2)c1=O. The number of carbonyl (C=O) groups is 3. The molecule has 2 amide bonds. The molecule has 0 bridgehead atoms. The van der Waals surface area contributed by atoms with Gasteiger partial charge >= 0.3 is 0 Å². The van der Waals surface area contributed by atoms with Crippen LogP contribution in [0.5, 0.6) is 0 Å². The normalized spacial score (nSPS) is 13.5. The summed E-state index contributed by atoms with van der Waals surface area (Å²) in [4.78, 5) is 56.5. The van der Waals surface area contributed by atoms with Gasteiger partial charge in [-0.1, -0.05) is 45.0 Å². The number of Topliss-reactive ketones (excluding diaryl/α,β-unsaturated/α-hetero) is 1. The second-order valence-corrected chi connectivity index (χ2v) is 11.8. The van der Waals surface area contributed by atoms with Gasteiger partial charge in [0, 0.05) is 61.6 Å². The van der Waals surface area contributed by atoms with E-state index in [2.05, 4.69) is 15.6 Å². The molecule has 5 rings (SSSR count). The van der Waals surface area contributed by atoms with E-state index in [4.69, 9.17) is 0 Å². The number of likely N-dealkylation sites (tertiary alicyclic amines) is 1. The van der Waals surface area contributed by atoms with Gasteiger partial charge in [-0.15, -0.1) is 0 Å². The molecule has 0 aliphatic carbocycles. The van der Waals surface area contributed by atoms with Crippen LogP contribution in [0.1, 0.15) is 59.9 Å². The van der Waals surface area contributed by atoms with Crippen LogP contribution in [0.25, 0.3) is 11.3 Å². The maximum atomic E-state index is 15.8. The smallest absolute Gasteiger partial charge is 0.293 e. The molecule has 0 radical (unpaired) electrons. The number of rotatable bonds is 6. The van der Waals surface area contributed by atoms with Crippen molar-refractivity contribution in [3.8, 4) is 11.3 Å². The molecule has 226 valence electrons. The highest BCUT2D eigenvalue weighted by Gasteiger charge is 2.24. The van der Waals surface area contributed by atoms with Gasteiger partial charge in [0.2, 0.25) is 0 Å². The maximum Gasteiger partial charge on any atom is 0.293 e. The number of halogens is 1. The van der Waals surface area contributed by atoms with Crippen LogP contribution in [0, 0.1) is 5.82 Å². The van der Waals surface area contributed by atoms with Crippen molar-refractivity contribution < 1.29 is 18.8 Å². The predicted molar refractivity (Wildman–Crippen MR) is 168 cm³/mol. The van der Waals surface area contributed by atoms with Crippen molar-refractivity contribution in [1.82, 2.24) is 14.5 Å². The van der Waals surface area contributed by atoms with Crippen molar-refractivity contribution in [2.45, 2.75) is 39.0 Å². The third-order valence-corrected chi connectivity index (χ3v) is 7.58. The molecule has 44 heavy (non-hydrogen) atoms. The zero-order valence-corrected chi connectivity index (χ0v) is 25.1. The van der Waals surface area contributed by atoms with Crippen LogP contribution >= 0.6 is 0 Å². The van der Waals surface area contributed by atoms with Crippen LogP contribution in [-0.2, 0) is 17.3 Å². The molecule has 1 aliphatic rings. The predicted octanol–water partition coefficient (Wildman–Crippen LogP) is 5.68. The second kappa shape index (κ2) is 12.2. The zero-order valence-electron chi connectivity index (χ0n) is 25.1. The lowest BCUT2D eigenvalue weighted by Crippen LogP contribution is -2.38. The Morgan fingerprint density at radius 3 is 2.27 bits per heavy atom. The van der Waals surface area contributed by atoms with Gasteiger partial charge in [-0.3, -0.25) is 19.2 Å². The van der Waals surface area contributed by atoms with Crippen LogP contribution < -0.4 is 16.2 Å². The fourth-order valence-corrected chi connectivity index (χ4v) is 5.14. The summed E-state index contributed by atoms with van der Waals surface area (Å²) < 4.78 is 17.1. The Hall–Kier alpha value is -5.12. The van der Waals surface area contributed by atoms with Crippen molar-refractivity contribution in [2.24, 2.45) is 7.05 Å². The highest BCUT2D eigenvalue weighted by Crippen LogP contribution is 2.30. The molecular formula is C34H34FN5O4. The van der Waals surface area contributed by atoms with E-state index in [-0.39, 0.29) is 39.9 Å². The average molecular weight is 596 g/mol. The lowest BCUT2D eigenvalue weighted by molar-refractivity contribution is -0.120. The molecule has 0 atom stereocenters. The molecule has 0 saturated carbocycles. The van der Waals surface area contributed by atoms with Crippen LogP contribution in [0.2, 0.25) is 0 Å². The average Bonchev–Trinajstić information content (AvgIpc) is 3.00. The fraction of sp³-hybridized carbons (Fsp3) is 0.265. The van der Waals surface area contributed by atoms with Crippen LogP contribution in [-0.4, -0.2) is 45.1 Å². The van der Waals surface area contributed by atoms with Crippen molar-refractivity contribution >= 4 is 34.8 Å². The number of carbonyl (C=O) groups excluding carboxylic acids is 3. The van der Waals surface area contributed by atoms with E-state index < -0.39 is 17.3 Å². The standard InChI is InChI=1S/C34H34FN5O4/c1-34(2,3)26-10-6-5-8-24(26)31(42)38-27-11-7-9-25(29(27)35)28-20-39(4)33(44)30(37-28)36-22-14-12-21(13-15-22)32(43)40-18-16-23(41)17-19-40/h5-15,20H,16-19H2,1-4H3,(H,36,37)(H,38,42). The molecule has 10 heteroatoms. The van der Waals surface area contributed by atoms with E-state index >= 15 is 4.39 Å². The van der Waals surface area contributed by atoms with E-state index in [0.29, 0.717) is 42.7 Å². The van der Waals surface area contributed by atoms with Crippen molar-refractivity contribution in [3.05, 3.63) is 106 Å². The minimum atomic E-state index is -0.687. The Bertz CT molecular complexity index is 1800. The molecule has 0 unspecified atom stereocenters. The first-order chi connectivity index (χ1) is 20.9. The first-order valence-electron chi connectivity index (χ1n) is 14.4. The molecule has 1 saturated heterocycles. The molecule has 2 heterocycles. The maximum absolute atomic E-state index is 15.8. The minimum Gasteiger partial charge on any atom is -0.338 e. The Morgan fingerprint density at radius 1 is 0.909 bits per heavy atom. The molecule has 1 fully saturated rings. The Kier molecular flexibility index (Phi) is 8.44. The topological polar surface area (TPSA) is 113 Å². The number of aryl methyl sites for hydroxylation is 1. The quantitative estimate of drug-likeness (QED) is 0.296. The summed E-state index contributed by atoms with van der Waals surface area (Å²) in [5, 5.41) is 5.67. The van der Waals surface area contributed by atoms with Crippen molar-refractivity contribution in [3.63, 3.8) is 0 Å². The zero-order chi connectivity index (χ0) is 31.6. The largest absolute Gasteiger partial charge is 0.338 e. The Balaban J connectivity index is 1.38. The summed E-state index contributed by atoms with van der Waals surface area (Å²) in [6.45, 7) is 6.81. The summed E-state index contributed by atoms with van der Waals surface area (Å²) in [7, 11) is 1.54. The summed E-state index contributed by atoms with van der Waals surface area (Å²) in [5.41, 5.74) is 1.81. The van der Waals surface area contributed by atoms with Crippen molar-refractivity contribution in [2.75, 3.05) is 23.7 Å². The van der Waals surface area contributed by atoms with E-state index in [1.807, 2.05) is 32.9 Å². The number of nitrogens with one attached hydrogen (secondary N) is 2. The first-order valence-corrected chi connectivity index (χ1v) is 14.4. The number of benzene rings is 3. The highest BCUT2D eigenvalue weighted by atomic mass is 19.1. The van der Waals surface area contributed by atoms with Crippen molar-refractivity contribution in [1.29, 1.82) is 0 Å². The van der Waals surface area contributed by atoms with E-state index in [9.17, 15) is 19.2 Å². The molecule has 1 aliphatic heterocycles. The molecular weight excluding hydrogens is 561 g/mol. The molecule has 0 spiro atoms. The van der Waals surface area contributed by atoms with E-state index in [0.717, 1.165) is 5.56 Å². The summed E-state index contributed by atoms with van der Waals surface area (Å²) >= 11 is 0. The molecule has 9 nitrogen and oxygen atoms in total. The number of aromatic nitrogens is 2. The molecule has 2 N–H and O–H groups in total. The van der Waals surface area contributed by atoms with Gasteiger partial charge in [0.05, 0.1) is 11.4 Å². The number of amides is 2. The van der Waals surface area contributed by atoms with Gasteiger partial charge < -0.3 is 20.1 Å². The second-order valence-electron chi connectivity index (χ2n) is 11.8. The van der Waals surface area contributed by atoms with Gasteiger partial charge in [0.15, 0.2) is 11.6 Å². The van der Waals surface area contributed by atoms with Crippen LogP contribution in [0.4, 0.5) is 21.6 Å². The number of anilines is 3. The van der Waals surface area contributed by atoms with Gasteiger partial charge in [-0.25, -0.2) is 9.37 Å². The summed E-state index contributed by atoms with van der Waals surface area (Å²) in [6.07, 6.45) is 2.15. The number of nitrogens with zero attached hydrogens (tertiary/aromatic N) is 3. The number of hydrogen-bond acceptors (Lipinski definition) is 6. The van der Waals surface area contributed by atoms with Gasteiger partial charge in [-0.2, -0.15) is 0 Å². The summed E-state index contributed by atoms with van der Waals surface area (Å²) in [5.74, 6) is -1.16. The van der Waals surface area contributed by atoms with Crippen LogP contribution in [0.15, 0.2) is 77.7 Å². The fourth-order valence-electron chi connectivity index (χ4n) is 5.14. The monoisotopic (exact) mass is 595 g/mol. The molecule has 1 aromatic heterocycles. The number of piperidine rings is 1. The Labute approximate surface area is 254 Å². The van der Waals surface area contributed by atoms with Gasteiger partial charge in [-0.05, 0) is 53.4 Å². The molecule has 4 aromatic rings. The lowest BCUT2D eigenvalue weighted by atomic mass is 9.83. The Morgan fingerprint density at radius 2 is 1.59 bits per heavy atom. The third kappa shape index (κ3) is 6.44. The van der Waals surface area contributed by atoms with E-state index in [1.165, 1.54) is 29.9 Å². The lowest BCUT2D eigenvalue weighted by Gasteiger charge is -2.26. The highest BCUT2D eigenvalue weighted by molar-refractivity contribution is 6.06. The number of hydrogen-bond donors (Lipinski definition) is 2. The first kappa shape index (κ1) is 30.3. The van der Waals surface area contributed by atoms with Gasteiger partial charge in [0.1, 0.15) is 5.78 Å². The minimum absolute atomic E-state index is 0.0142. The van der Waals surface area contributed by atoms with Gasteiger partial charge in [0.25, 0.3) is 17.4 Å². The number of ketones is 1.